The largest absolute Gasteiger partial charge is 0.228 e. The highest BCUT2D eigenvalue weighted by molar-refractivity contribution is 7.88. The standard InChI is InChI=1S/C7H7F2NO2S/c8-6-3-1-2-5(7(6)9)4-13(10,11)12/h1-3H,4H2,(H2,10,11,12). The molecule has 0 amide bonds. The highest BCUT2D eigenvalue weighted by Gasteiger charge is 2.12. The maximum Gasteiger partial charge on any atom is 0.213 e. The molecule has 0 aliphatic heterocycles. The van der Waals surface area contributed by atoms with Gasteiger partial charge in [-0.15, -0.1) is 0 Å². The Kier molecular flexibility index (Phi) is 2.63. The Balaban J connectivity index is 3.10. The molecule has 3 nitrogen and oxygen atoms in total. The Morgan fingerprint density at radius 2 is 1.92 bits per heavy atom. The lowest BCUT2D eigenvalue weighted by Gasteiger charge is -2.01. The zero-order chi connectivity index (χ0) is 10.1. The summed E-state index contributed by atoms with van der Waals surface area (Å²) in [6.07, 6.45) is 0. The molecular formula is C7H7F2NO2S. The lowest BCUT2D eigenvalue weighted by molar-refractivity contribution is 0.501. The van der Waals surface area contributed by atoms with Crippen LogP contribution in [0.3, 0.4) is 0 Å². The SMILES string of the molecule is NS(=O)(=O)Cc1cccc(F)c1F. The maximum atomic E-state index is 12.8. The van der Waals surface area contributed by atoms with E-state index in [0.717, 1.165) is 6.07 Å². The number of nitrogens with two attached hydrogens (primary N) is 1. The van der Waals surface area contributed by atoms with Gasteiger partial charge in [-0.3, -0.25) is 0 Å². The molecule has 0 aliphatic carbocycles. The molecule has 0 fully saturated rings. The number of sulfonamides is 1. The fourth-order valence-corrected chi connectivity index (χ4v) is 1.53. The predicted molar refractivity (Wildman–Crippen MR) is 43.2 cm³/mol. The van der Waals surface area contributed by atoms with Crippen LogP contribution in [0.15, 0.2) is 18.2 Å². The zero-order valence-corrected chi connectivity index (χ0v) is 7.31. The average molecular weight is 207 g/mol. The van der Waals surface area contributed by atoms with E-state index in [1.54, 1.807) is 0 Å². The van der Waals surface area contributed by atoms with Crippen molar-refractivity contribution in [2.24, 2.45) is 5.14 Å². The van der Waals surface area contributed by atoms with Gasteiger partial charge in [0, 0.05) is 5.56 Å². The molecule has 13 heavy (non-hydrogen) atoms. The summed E-state index contributed by atoms with van der Waals surface area (Å²) in [4.78, 5) is 0. The molecule has 0 saturated heterocycles. The molecule has 72 valence electrons. The first-order chi connectivity index (χ1) is 5.90. The number of halogens is 2. The van der Waals surface area contributed by atoms with Gasteiger partial charge in [-0.2, -0.15) is 0 Å². The average Bonchev–Trinajstić information content (AvgIpc) is 1.96. The molecule has 2 N–H and O–H groups in total. The molecule has 0 atom stereocenters. The van der Waals surface area contributed by atoms with E-state index in [0.29, 0.717) is 0 Å². The van der Waals surface area contributed by atoms with Crippen LogP contribution >= 0.6 is 0 Å². The summed E-state index contributed by atoms with van der Waals surface area (Å²) in [6, 6.07) is 3.30. The third-order valence-corrected chi connectivity index (χ3v) is 2.10. The van der Waals surface area contributed by atoms with Gasteiger partial charge < -0.3 is 0 Å². The number of primary sulfonamides is 1. The highest BCUT2D eigenvalue weighted by Crippen LogP contribution is 2.12. The van der Waals surface area contributed by atoms with Gasteiger partial charge in [0.25, 0.3) is 0 Å². The monoisotopic (exact) mass is 207 g/mol. The molecule has 0 aliphatic rings. The van der Waals surface area contributed by atoms with Gasteiger partial charge in [0.1, 0.15) is 0 Å². The molecule has 0 spiro atoms. The third kappa shape index (κ3) is 2.74. The molecular weight excluding hydrogens is 200 g/mol. The van der Waals surface area contributed by atoms with Crippen molar-refractivity contribution >= 4 is 10.0 Å². The number of benzene rings is 1. The molecule has 0 radical (unpaired) electrons. The number of hydrogen-bond acceptors (Lipinski definition) is 2. The van der Waals surface area contributed by atoms with Gasteiger partial charge >= 0.3 is 0 Å². The van der Waals surface area contributed by atoms with E-state index in [4.69, 9.17) is 0 Å². The van der Waals surface area contributed by atoms with E-state index in [-0.39, 0.29) is 5.56 Å². The lowest BCUT2D eigenvalue weighted by atomic mass is 10.2. The van der Waals surface area contributed by atoms with E-state index < -0.39 is 27.4 Å². The van der Waals surface area contributed by atoms with Crippen LogP contribution in [0, 0.1) is 11.6 Å². The summed E-state index contributed by atoms with van der Waals surface area (Å²) in [5, 5.41) is 4.67. The minimum Gasteiger partial charge on any atom is -0.228 e. The molecule has 0 heterocycles. The topological polar surface area (TPSA) is 60.2 Å². The van der Waals surface area contributed by atoms with Crippen molar-refractivity contribution in [1.82, 2.24) is 0 Å². The van der Waals surface area contributed by atoms with Crippen LogP contribution in [0.25, 0.3) is 0 Å². The zero-order valence-electron chi connectivity index (χ0n) is 6.50. The molecule has 1 aromatic carbocycles. The summed E-state index contributed by atoms with van der Waals surface area (Å²) in [6.45, 7) is 0. The van der Waals surface area contributed by atoms with Gasteiger partial charge in [0.15, 0.2) is 11.6 Å². The minimum atomic E-state index is -3.82. The van der Waals surface area contributed by atoms with Crippen LogP contribution in [0.2, 0.25) is 0 Å². The molecule has 6 heteroatoms. The second-order valence-electron chi connectivity index (χ2n) is 2.52. The van der Waals surface area contributed by atoms with Crippen molar-refractivity contribution in [3.05, 3.63) is 35.4 Å². The normalized spacial score (nSPS) is 11.6. The minimum absolute atomic E-state index is 0.262. The summed E-state index contributed by atoms with van der Waals surface area (Å²) in [5.74, 6) is -2.95. The lowest BCUT2D eigenvalue weighted by Crippen LogP contribution is -2.15. The van der Waals surface area contributed by atoms with E-state index in [2.05, 4.69) is 5.14 Å². The first-order valence-corrected chi connectivity index (χ1v) is 5.05. The Hall–Kier alpha value is -1.01. The summed E-state index contributed by atoms with van der Waals surface area (Å²) in [7, 11) is -3.82. The number of hydrogen-bond donors (Lipinski definition) is 1. The molecule has 1 aromatic rings. The van der Waals surface area contributed by atoms with Crippen molar-refractivity contribution in [3.8, 4) is 0 Å². The molecule has 0 bridgehead atoms. The quantitative estimate of drug-likeness (QED) is 0.778. The Bertz CT molecular complexity index is 417. The van der Waals surface area contributed by atoms with Gasteiger partial charge in [-0.25, -0.2) is 22.3 Å². The van der Waals surface area contributed by atoms with E-state index in [1.165, 1.54) is 12.1 Å². The van der Waals surface area contributed by atoms with Crippen molar-refractivity contribution in [2.45, 2.75) is 5.75 Å². The van der Waals surface area contributed by atoms with Gasteiger partial charge in [-0.05, 0) is 6.07 Å². The van der Waals surface area contributed by atoms with Crippen LogP contribution in [0.1, 0.15) is 5.56 Å². The number of rotatable bonds is 2. The molecule has 1 rings (SSSR count). The third-order valence-electron chi connectivity index (χ3n) is 1.39. The fourth-order valence-electron chi connectivity index (χ4n) is 0.877. The smallest absolute Gasteiger partial charge is 0.213 e. The predicted octanol–water partition coefficient (Wildman–Crippen LogP) is 0.753. The Labute approximate surface area is 74.2 Å². The van der Waals surface area contributed by atoms with Crippen molar-refractivity contribution in [1.29, 1.82) is 0 Å². The fraction of sp³-hybridized carbons (Fsp3) is 0.143. The van der Waals surface area contributed by atoms with Gasteiger partial charge in [-0.1, -0.05) is 12.1 Å². The van der Waals surface area contributed by atoms with Crippen molar-refractivity contribution in [3.63, 3.8) is 0 Å². The Morgan fingerprint density at radius 1 is 1.31 bits per heavy atom. The highest BCUT2D eigenvalue weighted by atomic mass is 32.2. The summed E-state index contributed by atoms with van der Waals surface area (Å²) < 4.78 is 46.5. The Morgan fingerprint density at radius 3 is 2.46 bits per heavy atom. The summed E-state index contributed by atoms with van der Waals surface area (Å²) >= 11 is 0. The first kappa shape index (κ1) is 10.1. The summed E-state index contributed by atoms with van der Waals surface area (Å²) in [5.41, 5.74) is -0.262. The van der Waals surface area contributed by atoms with Crippen molar-refractivity contribution < 1.29 is 17.2 Å². The maximum absolute atomic E-state index is 12.8. The second kappa shape index (κ2) is 3.39. The van der Waals surface area contributed by atoms with Crippen LogP contribution in [-0.2, 0) is 15.8 Å². The van der Waals surface area contributed by atoms with Crippen LogP contribution in [0.5, 0.6) is 0 Å². The first-order valence-electron chi connectivity index (χ1n) is 3.33. The van der Waals surface area contributed by atoms with E-state index in [1.807, 2.05) is 0 Å². The van der Waals surface area contributed by atoms with Crippen LogP contribution < -0.4 is 5.14 Å². The van der Waals surface area contributed by atoms with E-state index >= 15 is 0 Å². The van der Waals surface area contributed by atoms with E-state index in [9.17, 15) is 17.2 Å². The van der Waals surface area contributed by atoms with Crippen LogP contribution in [0.4, 0.5) is 8.78 Å². The van der Waals surface area contributed by atoms with Crippen molar-refractivity contribution in [2.75, 3.05) is 0 Å². The second-order valence-corrected chi connectivity index (χ2v) is 4.13. The molecule has 0 saturated carbocycles. The molecule has 0 unspecified atom stereocenters. The van der Waals surface area contributed by atoms with Crippen LogP contribution in [-0.4, -0.2) is 8.42 Å². The van der Waals surface area contributed by atoms with Gasteiger partial charge in [0.2, 0.25) is 10.0 Å². The van der Waals surface area contributed by atoms with Gasteiger partial charge in [0.05, 0.1) is 5.75 Å². The molecule has 0 aromatic heterocycles.